The Labute approximate surface area is 168 Å². The van der Waals surface area contributed by atoms with Gasteiger partial charge in [0.2, 0.25) is 0 Å². The smallest absolute Gasteiger partial charge is 0.157 e. The Bertz CT molecular complexity index is 1080. The van der Waals surface area contributed by atoms with Crippen LogP contribution in [-0.2, 0) is 6.54 Å². The van der Waals surface area contributed by atoms with Crippen LogP contribution in [0.15, 0.2) is 54.0 Å². The third-order valence-electron chi connectivity index (χ3n) is 5.15. The summed E-state index contributed by atoms with van der Waals surface area (Å²) < 4.78 is 1.94. The Kier molecular flexibility index (Phi) is 4.54. The number of aromatic nitrogens is 4. The molecule has 1 aliphatic rings. The number of aryl methyl sites for hydroxylation is 1. The fraction of sp³-hybridized carbons (Fsp3) is 0.286. The second-order valence-corrected chi connectivity index (χ2v) is 8.06. The van der Waals surface area contributed by atoms with Gasteiger partial charge < -0.3 is 4.90 Å². The first-order chi connectivity index (χ1) is 13.8. The minimum absolute atomic E-state index is 0.911. The number of piperazine rings is 1. The minimum Gasteiger partial charge on any atom is -0.354 e. The maximum atomic E-state index is 4.84. The lowest BCUT2D eigenvalue weighted by Crippen LogP contribution is -2.46. The van der Waals surface area contributed by atoms with Gasteiger partial charge in [0.25, 0.3) is 0 Å². The summed E-state index contributed by atoms with van der Waals surface area (Å²) in [7, 11) is 0. The molecule has 1 saturated heterocycles. The van der Waals surface area contributed by atoms with E-state index in [-0.39, 0.29) is 0 Å². The molecule has 6 nitrogen and oxygen atoms in total. The third kappa shape index (κ3) is 3.39. The zero-order valence-corrected chi connectivity index (χ0v) is 16.6. The van der Waals surface area contributed by atoms with Crippen molar-refractivity contribution in [3.05, 3.63) is 64.7 Å². The first-order valence-corrected chi connectivity index (χ1v) is 10.4. The van der Waals surface area contributed by atoms with Crippen LogP contribution in [0.1, 0.15) is 10.7 Å². The largest absolute Gasteiger partial charge is 0.354 e. The van der Waals surface area contributed by atoms with E-state index in [1.54, 1.807) is 11.3 Å². The highest BCUT2D eigenvalue weighted by molar-refractivity contribution is 7.09. The highest BCUT2D eigenvalue weighted by Gasteiger charge is 2.21. The highest BCUT2D eigenvalue weighted by atomic mass is 32.1. The van der Waals surface area contributed by atoms with E-state index >= 15 is 0 Å². The van der Waals surface area contributed by atoms with E-state index in [0.29, 0.717) is 0 Å². The molecule has 0 amide bonds. The van der Waals surface area contributed by atoms with Gasteiger partial charge in [-0.3, -0.25) is 4.90 Å². The van der Waals surface area contributed by atoms with Crippen molar-refractivity contribution in [1.29, 1.82) is 0 Å². The molecule has 0 bridgehead atoms. The molecule has 4 heterocycles. The highest BCUT2D eigenvalue weighted by Crippen LogP contribution is 2.24. The van der Waals surface area contributed by atoms with Crippen molar-refractivity contribution in [3.63, 3.8) is 0 Å². The van der Waals surface area contributed by atoms with E-state index in [0.717, 1.165) is 55.6 Å². The molecule has 1 fully saturated rings. The zero-order chi connectivity index (χ0) is 18.9. The van der Waals surface area contributed by atoms with Gasteiger partial charge in [0.05, 0.1) is 18.4 Å². The summed E-state index contributed by atoms with van der Waals surface area (Å²) in [5.74, 6) is 1.13. The molecule has 0 aliphatic carbocycles. The van der Waals surface area contributed by atoms with Gasteiger partial charge in [0.1, 0.15) is 10.8 Å². The molecule has 0 saturated carbocycles. The molecular weight excluding hydrogens is 368 g/mol. The zero-order valence-electron chi connectivity index (χ0n) is 15.8. The second-order valence-electron chi connectivity index (χ2n) is 7.11. The van der Waals surface area contributed by atoms with Crippen LogP contribution in [0.4, 0.5) is 5.82 Å². The van der Waals surface area contributed by atoms with Crippen LogP contribution in [-0.4, -0.2) is 50.7 Å². The summed E-state index contributed by atoms with van der Waals surface area (Å²) in [6.07, 6.45) is 1.81. The number of thiazole rings is 1. The summed E-state index contributed by atoms with van der Waals surface area (Å²) in [6, 6.07) is 14.5. The molecule has 0 unspecified atom stereocenters. The molecule has 1 aliphatic heterocycles. The number of anilines is 1. The van der Waals surface area contributed by atoms with Crippen LogP contribution in [0.3, 0.4) is 0 Å². The van der Waals surface area contributed by atoms with E-state index < -0.39 is 0 Å². The lowest BCUT2D eigenvalue weighted by molar-refractivity contribution is 0.248. The molecule has 0 radical (unpaired) electrons. The van der Waals surface area contributed by atoms with Crippen molar-refractivity contribution in [1.82, 2.24) is 24.5 Å². The summed E-state index contributed by atoms with van der Waals surface area (Å²) in [6.45, 7) is 6.96. The van der Waals surface area contributed by atoms with Crippen molar-refractivity contribution in [2.45, 2.75) is 13.5 Å². The summed E-state index contributed by atoms with van der Waals surface area (Å²) in [5, 5.41) is 7.79. The normalized spacial score (nSPS) is 15.4. The number of benzene rings is 1. The Morgan fingerprint density at radius 1 is 1.00 bits per heavy atom. The Balaban J connectivity index is 1.25. The number of rotatable bonds is 4. The van der Waals surface area contributed by atoms with Crippen LogP contribution < -0.4 is 4.90 Å². The molecule has 0 spiro atoms. The average molecular weight is 391 g/mol. The van der Waals surface area contributed by atoms with Gasteiger partial charge in [-0.2, -0.15) is 9.61 Å². The summed E-state index contributed by atoms with van der Waals surface area (Å²) in [5.41, 5.74) is 4.20. The molecule has 3 aromatic heterocycles. The number of hydrogen-bond acceptors (Lipinski definition) is 6. The maximum Gasteiger partial charge on any atom is 0.157 e. The standard InChI is InChI=1S/C21H22N6S/c1-16-13-21(27-19(23-16)7-8-22-27)26-11-9-25(10-12-26)14-20-24-18(15-28-20)17-5-3-2-4-6-17/h2-8,13,15H,9-12,14H2,1H3. The predicted octanol–water partition coefficient (Wildman–Crippen LogP) is 3.48. The fourth-order valence-corrected chi connectivity index (χ4v) is 4.54. The van der Waals surface area contributed by atoms with Crippen molar-refractivity contribution in [3.8, 4) is 11.3 Å². The SMILES string of the molecule is Cc1cc(N2CCN(Cc3nc(-c4ccccc4)cs3)CC2)n2nccc2n1. The molecule has 0 atom stereocenters. The molecule has 7 heteroatoms. The third-order valence-corrected chi connectivity index (χ3v) is 5.98. The van der Waals surface area contributed by atoms with E-state index in [2.05, 4.69) is 55.6 Å². The van der Waals surface area contributed by atoms with Crippen molar-refractivity contribution < 1.29 is 0 Å². The van der Waals surface area contributed by atoms with Crippen molar-refractivity contribution in [2.75, 3.05) is 31.1 Å². The molecule has 0 N–H and O–H groups in total. The number of nitrogens with zero attached hydrogens (tertiary/aromatic N) is 6. The molecule has 28 heavy (non-hydrogen) atoms. The van der Waals surface area contributed by atoms with Crippen LogP contribution in [0, 0.1) is 6.92 Å². The second kappa shape index (κ2) is 7.33. The van der Waals surface area contributed by atoms with E-state index in [1.165, 1.54) is 10.6 Å². The molecule has 5 rings (SSSR count). The van der Waals surface area contributed by atoms with Crippen LogP contribution in [0.2, 0.25) is 0 Å². The Hall–Kier alpha value is -2.77. The minimum atomic E-state index is 0.911. The molecular formula is C21H22N6S. The van der Waals surface area contributed by atoms with E-state index in [1.807, 2.05) is 29.8 Å². The van der Waals surface area contributed by atoms with E-state index in [9.17, 15) is 0 Å². The summed E-state index contributed by atoms with van der Waals surface area (Å²) >= 11 is 1.75. The first-order valence-electron chi connectivity index (χ1n) is 9.55. The van der Waals surface area contributed by atoms with Gasteiger partial charge in [-0.15, -0.1) is 11.3 Å². The predicted molar refractivity (Wildman–Crippen MR) is 113 cm³/mol. The number of hydrogen-bond donors (Lipinski definition) is 0. The summed E-state index contributed by atoms with van der Waals surface area (Å²) in [4.78, 5) is 14.3. The lowest BCUT2D eigenvalue weighted by atomic mass is 10.2. The van der Waals surface area contributed by atoms with E-state index in [4.69, 9.17) is 4.98 Å². The van der Waals surface area contributed by atoms with Crippen LogP contribution in [0.5, 0.6) is 0 Å². The Morgan fingerprint density at radius 3 is 2.64 bits per heavy atom. The molecule has 142 valence electrons. The fourth-order valence-electron chi connectivity index (χ4n) is 3.70. The van der Waals surface area contributed by atoms with Gasteiger partial charge in [-0.05, 0) is 6.92 Å². The topological polar surface area (TPSA) is 49.6 Å². The maximum absolute atomic E-state index is 4.84. The molecule has 4 aromatic rings. The van der Waals surface area contributed by atoms with Gasteiger partial charge in [0.15, 0.2) is 5.65 Å². The number of fused-ring (bicyclic) bond motifs is 1. The quantitative estimate of drug-likeness (QED) is 0.534. The average Bonchev–Trinajstić information content (AvgIpc) is 3.38. The van der Waals surface area contributed by atoms with Crippen LogP contribution >= 0.6 is 11.3 Å². The monoisotopic (exact) mass is 390 g/mol. The molecule has 1 aromatic carbocycles. The van der Waals surface area contributed by atoms with Crippen molar-refractivity contribution >= 4 is 22.8 Å². The van der Waals surface area contributed by atoms with Gasteiger partial charge in [-0.1, -0.05) is 30.3 Å². The van der Waals surface area contributed by atoms with Crippen molar-refractivity contribution in [2.24, 2.45) is 0 Å². The van der Waals surface area contributed by atoms with Gasteiger partial charge in [-0.25, -0.2) is 9.97 Å². The Morgan fingerprint density at radius 2 is 1.82 bits per heavy atom. The van der Waals surface area contributed by atoms with Gasteiger partial charge >= 0.3 is 0 Å². The first kappa shape index (κ1) is 17.3. The van der Waals surface area contributed by atoms with Gasteiger partial charge in [0, 0.05) is 54.9 Å². The lowest BCUT2D eigenvalue weighted by Gasteiger charge is -2.35. The van der Waals surface area contributed by atoms with Crippen LogP contribution in [0.25, 0.3) is 16.9 Å².